The topological polar surface area (TPSA) is 78.6 Å². The van der Waals surface area contributed by atoms with Gasteiger partial charge >= 0.3 is 5.97 Å². The van der Waals surface area contributed by atoms with E-state index in [1.54, 1.807) is 11.5 Å². The Morgan fingerprint density at radius 2 is 2.14 bits per heavy atom. The number of hydrogen-bond acceptors (Lipinski definition) is 4. The van der Waals surface area contributed by atoms with Gasteiger partial charge in [-0.3, -0.25) is 4.90 Å². The number of likely N-dealkylation sites (N-methyl/N-ethyl adjacent to an activating group) is 1. The molecule has 0 aliphatic carbocycles. The molecule has 0 saturated carbocycles. The van der Waals surface area contributed by atoms with Crippen molar-refractivity contribution < 1.29 is 15.0 Å². The lowest BCUT2D eigenvalue weighted by Crippen LogP contribution is -2.29. The Labute approximate surface area is 123 Å². The molecule has 6 heteroatoms. The minimum Gasteiger partial charge on any atom is -0.480 e. The van der Waals surface area contributed by atoms with Crippen LogP contribution in [0.3, 0.4) is 0 Å². The molecule has 1 atom stereocenters. The van der Waals surface area contributed by atoms with Crippen LogP contribution in [0.5, 0.6) is 0 Å². The molecule has 2 aromatic rings. The van der Waals surface area contributed by atoms with Gasteiger partial charge in [-0.25, -0.2) is 9.78 Å². The summed E-state index contributed by atoms with van der Waals surface area (Å²) in [6, 6.07) is 6.85. The van der Waals surface area contributed by atoms with Crippen molar-refractivity contribution in [2.45, 2.75) is 26.4 Å². The molecule has 2 N–H and O–H groups in total. The van der Waals surface area contributed by atoms with Gasteiger partial charge in [0.15, 0.2) is 0 Å². The lowest BCUT2D eigenvalue weighted by atomic mass is 10.2. The third kappa shape index (κ3) is 3.22. The molecule has 6 nitrogen and oxygen atoms in total. The number of rotatable bonds is 7. The molecule has 0 bridgehead atoms. The molecule has 0 amide bonds. The van der Waals surface area contributed by atoms with Crippen LogP contribution < -0.4 is 0 Å². The number of aromatic nitrogens is 2. The number of para-hydroxylation sites is 2. The van der Waals surface area contributed by atoms with E-state index in [4.69, 9.17) is 5.11 Å². The predicted octanol–water partition coefficient (Wildman–Crippen LogP) is 1.50. The van der Waals surface area contributed by atoms with E-state index in [1.807, 2.05) is 36.1 Å². The van der Waals surface area contributed by atoms with Crippen LogP contribution >= 0.6 is 0 Å². The number of benzene rings is 1. The highest BCUT2D eigenvalue weighted by atomic mass is 16.4. The first kappa shape index (κ1) is 15.5. The Morgan fingerprint density at radius 3 is 2.76 bits per heavy atom. The summed E-state index contributed by atoms with van der Waals surface area (Å²) in [5.41, 5.74) is 1.61. The Bertz CT molecular complexity index is 624. The number of carbonyl (C=O) groups is 1. The van der Waals surface area contributed by atoms with Crippen LogP contribution in [0.1, 0.15) is 25.7 Å². The highest BCUT2D eigenvalue weighted by Crippen LogP contribution is 2.22. The second-order valence-electron chi connectivity index (χ2n) is 4.99. The number of carboxylic acids is 1. The average Bonchev–Trinajstić information content (AvgIpc) is 2.83. The molecule has 1 aromatic heterocycles. The van der Waals surface area contributed by atoms with E-state index in [1.165, 1.54) is 0 Å². The maximum Gasteiger partial charge on any atom is 0.326 e. The highest BCUT2D eigenvalue weighted by molar-refractivity contribution is 5.80. The number of aliphatic carboxylic acids is 1. The van der Waals surface area contributed by atoms with Crippen molar-refractivity contribution in [3.05, 3.63) is 30.1 Å². The minimum absolute atomic E-state index is 0.0720. The van der Waals surface area contributed by atoms with Gasteiger partial charge in [-0.1, -0.05) is 19.1 Å². The smallest absolute Gasteiger partial charge is 0.326 e. The van der Waals surface area contributed by atoms with Gasteiger partial charge in [-0.2, -0.15) is 0 Å². The maximum absolute atomic E-state index is 11.4. The van der Waals surface area contributed by atoms with Crippen molar-refractivity contribution in [1.82, 2.24) is 14.5 Å². The van der Waals surface area contributed by atoms with Gasteiger partial charge in [0, 0.05) is 6.54 Å². The van der Waals surface area contributed by atoms with Crippen LogP contribution in [0, 0.1) is 0 Å². The van der Waals surface area contributed by atoms with E-state index < -0.39 is 12.0 Å². The lowest BCUT2D eigenvalue weighted by molar-refractivity contribution is -0.140. The first-order valence-electron chi connectivity index (χ1n) is 7.10. The van der Waals surface area contributed by atoms with Crippen molar-refractivity contribution in [2.75, 3.05) is 19.7 Å². The molecule has 1 heterocycles. The molecule has 21 heavy (non-hydrogen) atoms. The number of fused-ring (bicyclic) bond motifs is 1. The number of aliphatic hydroxyl groups excluding tert-OH is 1. The molecule has 0 aliphatic rings. The van der Waals surface area contributed by atoms with Gasteiger partial charge in [0.1, 0.15) is 11.9 Å². The van der Waals surface area contributed by atoms with Gasteiger partial charge in [0.2, 0.25) is 0 Å². The molecule has 0 spiro atoms. The molecule has 114 valence electrons. The van der Waals surface area contributed by atoms with E-state index >= 15 is 0 Å². The van der Waals surface area contributed by atoms with Crippen molar-refractivity contribution >= 4 is 17.0 Å². The first-order valence-corrected chi connectivity index (χ1v) is 7.10. The standard InChI is InChI=1S/C15H21N3O3/c1-3-17(8-9-19)10-14-16-12-6-4-5-7-13(12)18(14)11(2)15(20)21/h4-7,11,19H,3,8-10H2,1-2H3,(H,20,21). The third-order valence-corrected chi connectivity index (χ3v) is 3.64. The second-order valence-corrected chi connectivity index (χ2v) is 4.99. The predicted molar refractivity (Wildman–Crippen MR) is 80.1 cm³/mol. The zero-order valence-corrected chi connectivity index (χ0v) is 12.4. The summed E-state index contributed by atoms with van der Waals surface area (Å²) in [6.45, 7) is 5.56. The summed E-state index contributed by atoms with van der Waals surface area (Å²) in [5, 5.41) is 18.4. The zero-order valence-electron chi connectivity index (χ0n) is 12.4. The first-order chi connectivity index (χ1) is 10.1. The fourth-order valence-corrected chi connectivity index (χ4v) is 2.44. The average molecular weight is 291 g/mol. The molecule has 0 aliphatic heterocycles. The number of hydrogen-bond donors (Lipinski definition) is 2. The van der Waals surface area contributed by atoms with E-state index in [0.29, 0.717) is 18.9 Å². The summed E-state index contributed by atoms with van der Waals surface area (Å²) in [7, 11) is 0. The van der Waals surface area contributed by atoms with E-state index in [9.17, 15) is 9.90 Å². The van der Waals surface area contributed by atoms with Gasteiger partial charge < -0.3 is 14.8 Å². The second kappa shape index (κ2) is 6.69. The molecule has 0 radical (unpaired) electrons. The fourth-order valence-electron chi connectivity index (χ4n) is 2.44. The van der Waals surface area contributed by atoms with E-state index in [0.717, 1.165) is 17.6 Å². The number of aliphatic hydroxyl groups is 1. The Hall–Kier alpha value is -1.92. The molecule has 2 rings (SSSR count). The molecule has 1 aromatic carbocycles. The Balaban J connectivity index is 2.46. The van der Waals surface area contributed by atoms with Crippen molar-refractivity contribution in [3.63, 3.8) is 0 Å². The van der Waals surface area contributed by atoms with Crippen molar-refractivity contribution in [2.24, 2.45) is 0 Å². The summed E-state index contributed by atoms with van der Waals surface area (Å²) >= 11 is 0. The van der Waals surface area contributed by atoms with Crippen molar-refractivity contribution in [3.8, 4) is 0 Å². The van der Waals surface area contributed by atoms with Gasteiger partial charge in [0.25, 0.3) is 0 Å². The van der Waals surface area contributed by atoms with Crippen LogP contribution in [0.15, 0.2) is 24.3 Å². The summed E-state index contributed by atoms with van der Waals surface area (Å²) in [5.74, 6) is -0.175. The zero-order chi connectivity index (χ0) is 15.4. The Kier molecular flexibility index (Phi) is 4.93. The quantitative estimate of drug-likeness (QED) is 0.808. The summed E-state index contributed by atoms with van der Waals surface area (Å²) in [4.78, 5) is 18.0. The summed E-state index contributed by atoms with van der Waals surface area (Å²) < 4.78 is 1.76. The van der Waals surface area contributed by atoms with Gasteiger partial charge in [-0.15, -0.1) is 0 Å². The molecule has 1 unspecified atom stereocenters. The third-order valence-electron chi connectivity index (χ3n) is 3.64. The van der Waals surface area contributed by atoms with Crippen LogP contribution in [0.2, 0.25) is 0 Å². The molecular formula is C15H21N3O3. The summed E-state index contributed by atoms with van der Waals surface area (Å²) in [6.07, 6.45) is 0. The number of imidazole rings is 1. The number of carboxylic acid groups (broad SMARTS) is 1. The van der Waals surface area contributed by atoms with Crippen molar-refractivity contribution in [1.29, 1.82) is 0 Å². The van der Waals surface area contributed by atoms with E-state index in [2.05, 4.69) is 4.98 Å². The molecule has 0 saturated heterocycles. The maximum atomic E-state index is 11.4. The molecule has 0 fully saturated rings. The normalized spacial score (nSPS) is 13.0. The largest absolute Gasteiger partial charge is 0.480 e. The van der Waals surface area contributed by atoms with Gasteiger partial charge in [-0.05, 0) is 25.6 Å². The van der Waals surface area contributed by atoms with Crippen LogP contribution in [0.4, 0.5) is 0 Å². The number of nitrogens with zero attached hydrogens (tertiary/aromatic N) is 3. The monoisotopic (exact) mass is 291 g/mol. The van der Waals surface area contributed by atoms with Gasteiger partial charge in [0.05, 0.1) is 24.2 Å². The van der Waals surface area contributed by atoms with Crippen LogP contribution in [-0.4, -0.2) is 50.3 Å². The van der Waals surface area contributed by atoms with Crippen LogP contribution in [0.25, 0.3) is 11.0 Å². The lowest BCUT2D eigenvalue weighted by Gasteiger charge is -2.21. The highest BCUT2D eigenvalue weighted by Gasteiger charge is 2.21. The minimum atomic E-state index is -0.885. The Morgan fingerprint density at radius 1 is 1.43 bits per heavy atom. The molecular weight excluding hydrogens is 270 g/mol. The van der Waals surface area contributed by atoms with Crippen LogP contribution in [-0.2, 0) is 11.3 Å². The SMILES string of the molecule is CCN(CCO)Cc1nc2ccccc2n1C(C)C(=O)O. The van der Waals surface area contributed by atoms with E-state index in [-0.39, 0.29) is 6.61 Å². The fraction of sp³-hybridized carbons (Fsp3) is 0.467.